The molecule has 1 fully saturated rings. The van der Waals surface area contributed by atoms with Gasteiger partial charge in [0.2, 0.25) is 5.91 Å². The Bertz CT molecular complexity index is 707. The van der Waals surface area contributed by atoms with Crippen molar-refractivity contribution in [2.45, 2.75) is 57.0 Å². The van der Waals surface area contributed by atoms with Gasteiger partial charge in [0, 0.05) is 6.42 Å². The fraction of sp³-hybridized carbons (Fsp3) is 0.458. The molecule has 3 heteroatoms. The third kappa shape index (κ3) is 3.53. The second-order valence-corrected chi connectivity index (χ2v) is 8.45. The van der Waals surface area contributed by atoms with Gasteiger partial charge in [0.05, 0.1) is 25.7 Å². The molecular formula is C24H33N2O+. The van der Waals surface area contributed by atoms with Gasteiger partial charge in [0.1, 0.15) is 5.41 Å². The number of piperidine rings is 1. The van der Waals surface area contributed by atoms with E-state index in [9.17, 15) is 4.79 Å². The summed E-state index contributed by atoms with van der Waals surface area (Å²) in [5.74, 6) is -0.260. The SMILES string of the molecule is CC1CCCC(C)[N+]1(C)CCC(C(N)=O)(c1ccccc1)c1ccccc1. The molecular weight excluding hydrogens is 332 g/mol. The molecule has 1 aliphatic rings. The van der Waals surface area contributed by atoms with E-state index in [1.165, 1.54) is 19.3 Å². The van der Waals surface area contributed by atoms with E-state index in [1.807, 2.05) is 60.7 Å². The number of likely N-dealkylation sites (tertiary alicyclic amines) is 1. The lowest BCUT2D eigenvalue weighted by Gasteiger charge is -2.49. The van der Waals surface area contributed by atoms with Crippen LogP contribution in [0.15, 0.2) is 60.7 Å². The minimum absolute atomic E-state index is 0.260. The molecule has 2 aromatic rings. The zero-order valence-electron chi connectivity index (χ0n) is 16.9. The summed E-state index contributed by atoms with van der Waals surface area (Å²) < 4.78 is 1.01. The monoisotopic (exact) mass is 365 g/mol. The van der Waals surface area contributed by atoms with Crippen molar-refractivity contribution in [2.75, 3.05) is 13.6 Å². The maximum Gasteiger partial charge on any atom is 0.232 e. The standard InChI is InChI=1S/C24H32N2O/c1-19-11-10-12-20(2)26(19,3)18-17-24(23(25)27,21-13-6-4-7-14-21)22-15-8-5-9-16-22/h4-9,13-16,19-20H,10-12,17-18H2,1-3H3,(H-,25,27)/p+1. The van der Waals surface area contributed by atoms with Crippen molar-refractivity contribution in [2.24, 2.45) is 5.73 Å². The highest BCUT2D eigenvalue weighted by atomic mass is 16.1. The average Bonchev–Trinajstić information content (AvgIpc) is 2.68. The first-order chi connectivity index (χ1) is 12.9. The fourth-order valence-electron chi connectivity index (χ4n) is 4.89. The Hall–Kier alpha value is -2.13. The van der Waals surface area contributed by atoms with Gasteiger partial charge in [-0.25, -0.2) is 0 Å². The summed E-state index contributed by atoms with van der Waals surface area (Å²) in [4.78, 5) is 13.0. The van der Waals surface area contributed by atoms with E-state index in [4.69, 9.17) is 5.73 Å². The Morgan fingerprint density at radius 1 is 0.963 bits per heavy atom. The molecule has 2 N–H and O–H groups in total. The molecule has 0 aromatic heterocycles. The van der Waals surface area contributed by atoms with Crippen LogP contribution in [0.2, 0.25) is 0 Å². The van der Waals surface area contributed by atoms with Crippen LogP contribution in [0.25, 0.3) is 0 Å². The minimum Gasteiger partial charge on any atom is -0.369 e. The maximum absolute atomic E-state index is 13.0. The van der Waals surface area contributed by atoms with E-state index in [0.717, 1.165) is 28.6 Å². The number of benzene rings is 2. The van der Waals surface area contributed by atoms with Gasteiger partial charge >= 0.3 is 0 Å². The van der Waals surface area contributed by atoms with E-state index >= 15 is 0 Å². The molecule has 2 aromatic carbocycles. The van der Waals surface area contributed by atoms with Crippen LogP contribution < -0.4 is 5.73 Å². The number of rotatable bonds is 6. The van der Waals surface area contributed by atoms with Gasteiger partial charge in [-0.05, 0) is 44.2 Å². The van der Waals surface area contributed by atoms with E-state index in [1.54, 1.807) is 0 Å². The molecule has 144 valence electrons. The summed E-state index contributed by atoms with van der Waals surface area (Å²) in [6.07, 6.45) is 4.53. The van der Waals surface area contributed by atoms with Gasteiger partial charge in [0.25, 0.3) is 0 Å². The van der Waals surface area contributed by atoms with E-state index < -0.39 is 5.41 Å². The van der Waals surface area contributed by atoms with Gasteiger partial charge in [-0.2, -0.15) is 0 Å². The Kier molecular flexibility index (Phi) is 5.71. The molecule has 3 rings (SSSR count). The molecule has 1 saturated heterocycles. The highest BCUT2D eigenvalue weighted by Crippen LogP contribution is 2.38. The molecule has 2 atom stereocenters. The summed E-state index contributed by atoms with van der Waals surface area (Å²) >= 11 is 0. The number of hydrogen-bond acceptors (Lipinski definition) is 1. The number of nitrogens with two attached hydrogens (primary N) is 1. The number of amides is 1. The normalized spacial score (nSPS) is 25.9. The van der Waals surface area contributed by atoms with Crippen LogP contribution in [-0.4, -0.2) is 36.1 Å². The Balaban J connectivity index is 2.04. The summed E-state index contributed by atoms with van der Waals surface area (Å²) in [5.41, 5.74) is 7.31. The molecule has 27 heavy (non-hydrogen) atoms. The lowest BCUT2D eigenvalue weighted by molar-refractivity contribution is -0.958. The van der Waals surface area contributed by atoms with Crippen molar-refractivity contribution in [1.82, 2.24) is 0 Å². The molecule has 3 nitrogen and oxygen atoms in total. The third-order valence-corrected chi connectivity index (χ3v) is 7.18. The molecule has 1 heterocycles. The molecule has 1 aliphatic heterocycles. The topological polar surface area (TPSA) is 43.1 Å². The van der Waals surface area contributed by atoms with E-state index in [2.05, 4.69) is 20.9 Å². The van der Waals surface area contributed by atoms with Crippen molar-refractivity contribution >= 4 is 5.91 Å². The molecule has 0 aliphatic carbocycles. The highest BCUT2D eigenvalue weighted by Gasteiger charge is 2.45. The van der Waals surface area contributed by atoms with Crippen molar-refractivity contribution < 1.29 is 9.28 Å². The van der Waals surface area contributed by atoms with Crippen LogP contribution in [0.3, 0.4) is 0 Å². The molecule has 0 radical (unpaired) electrons. The second kappa shape index (κ2) is 7.85. The van der Waals surface area contributed by atoms with E-state index in [-0.39, 0.29) is 5.91 Å². The molecule has 0 bridgehead atoms. The number of primary amides is 1. The number of carbonyl (C=O) groups is 1. The Morgan fingerprint density at radius 3 is 1.81 bits per heavy atom. The van der Waals surface area contributed by atoms with Gasteiger partial charge in [-0.3, -0.25) is 4.79 Å². The predicted octanol–water partition coefficient (Wildman–Crippen LogP) is 4.26. The Labute approximate surface area is 163 Å². The zero-order valence-corrected chi connectivity index (χ0v) is 16.9. The molecule has 0 spiro atoms. The third-order valence-electron chi connectivity index (χ3n) is 7.18. The van der Waals surface area contributed by atoms with Crippen LogP contribution in [0, 0.1) is 0 Å². The van der Waals surface area contributed by atoms with Crippen molar-refractivity contribution in [1.29, 1.82) is 0 Å². The predicted molar refractivity (Wildman–Crippen MR) is 111 cm³/mol. The number of quaternary nitrogens is 1. The summed E-state index contributed by atoms with van der Waals surface area (Å²) in [6.45, 7) is 5.65. The largest absolute Gasteiger partial charge is 0.369 e. The minimum atomic E-state index is -0.791. The summed E-state index contributed by atoms with van der Waals surface area (Å²) in [6, 6.07) is 21.3. The molecule has 2 unspecified atom stereocenters. The van der Waals surface area contributed by atoms with Crippen LogP contribution in [0.4, 0.5) is 0 Å². The van der Waals surface area contributed by atoms with Gasteiger partial charge in [-0.15, -0.1) is 0 Å². The zero-order chi connectivity index (χ0) is 19.5. The summed E-state index contributed by atoms with van der Waals surface area (Å²) in [5, 5.41) is 0. The number of hydrogen-bond donors (Lipinski definition) is 1. The van der Waals surface area contributed by atoms with Gasteiger partial charge in [0.15, 0.2) is 0 Å². The van der Waals surface area contributed by atoms with Crippen LogP contribution in [0.5, 0.6) is 0 Å². The molecule has 1 amide bonds. The van der Waals surface area contributed by atoms with Gasteiger partial charge in [-0.1, -0.05) is 60.7 Å². The lowest BCUT2D eigenvalue weighted by atomic mass is 9.71. The molecule has 0 saturated carbocycles. The number of carbonyl (C=O) groups excluding carboxylic acids is 1. The van der Waals surface area contributed by atoms with Crippen LogP contribution >= 0.6 is 0 Å². The van der Waals surface area contributed by atoms with Crippen LogP contribution in [-0.2, 0) is 10.2 Å². The highest BCUT2D eigenvalue weighted by molar-refractivity contribution is 5.90. The quantitative estimate of drug-likeness (QED) is 0.764. The van der Waals surface area contributed by atoms with Crippen molar-refractivity contribution in [3.63, 3.8) is 0 Å². The Morgan fingerprint density at radius 2 is 1.41 bits per heavy atom. The van der Waals surface area contributed by atoms with E-state index in [0.29, 0.717) is 12.1 Å². The van der Waals surface area contributed by atoms with Gasteiger partial charge < -0.3 is 10.2 Å². The first kappa shape index (κ1) is 19.6. The fourth-order valence-corrected chi connectivity index (χ4v) is 4.89. The first-order valence-electron chi connectivity index (χ1n) is 10.2. The average molecular weight is 366 g/mol. The summed E-state index contributed by atoms with van der Waals surface area (Å²) in [7, 11) is 2.36. The smallest absolute Gasteiger partial charge is 0.232 e. The number of nitrogens with zero attached hydrogens (tertiary/aromatic N) is 1. The second-order valence-electron chi connectivity index (χ2n) is 8.45. The lowest BCUT2D eigenvalue weighted by Crippen LogP contribution is -2.60. The van der Waals surface area contributed by atoms with Crippen LogP contribution in [0.1, 0.15) is 50.7 Å². The first-order valence-corrected chi connectivity index (χ1v) is 10.2. The van der Waals surface area contributed by atoms with Crippen molar-refractivity contribution in [3.8, 4) is 0 Å². The maximum atomic E-state index is 13.0. The van der Waals surface area contributed by atoms with Crippen molar-refractivity contribution in [3.05, 3.63) is 71.8 Å².